The third-order valence-corrected chi connectivity index (χ3v) is 1.30. The van der Waals surface area contributed by atoms with Gasteiger partial charge in [-0.3, -0.25) is 0 Å². The predicted octanol–water partition coefficient (Wildman–Crippen LogP) is 2.67. The van der Waals surface area contributed by atoms with Gasteiger partial charge >= 0.3 is 0 Å². The maximum Gasteiger partial charge on any atom is 0.0606 e. The summed E-state index contributed by atoms with van der Waals surface area (Å²) >= 11 is 3.31. The van der Waals surface area contributed by atoms with E-state index in [-0.39, 0.29) is 0 Å². The second kappa shape index (κ2) is 7.01. The maximum atomic E-state index is 7.08. The van der Waals surface area contributed by atoms with Crippen LogP contribution in [0.3, 0.4) is 0 Å². The molecule has 0 saturated carbocycles. The van der Waals surface area contributed by atoms with E-state index >= 15 is 0 Å². The van der Waals surface area contributed by atoms with Crippen molar-refractivity contribution in [3.8, 4) is 0 Å². The molecule has 0 aliphatic carbocycles. The van der Waals surface area contributed by atoms with E-state index < -0.39 is 0 Å². The fourth-order valence-electron chi connectivity index (χ4n) is 0.415. The highest BCUT2D eigenvalue weighted by atomic mass is 79.9. The van der Waals surface area contributed by atoms with Crippen LogP contribution in [0, 0.1) is 0 Å². The Labute approximate surface area is 72.2 Å². The zero-order valence-electron chi connectivity index (χ0n) is 5.55. The topological polar surface area (TPSA) is 65.2 Å². The molecule has 0 aromatic heterocycles. The molecule has 0 spiro atoms. The molecular formula is C6H7BrN2O2. The largest absolute Gasteiger partial charge is 0.392 e. The molecule has 11 heavy (non-hydrogen) atoms. The molecule has 0 amide bonds. The van der Waals surface area contributed by atoms with Crippen LogP contribution in [-0.4, -0.2) is 10.4 Å². The van der Waals surface area contributed by atoms with Crippen LogP contribution in [0.1, 0.15) is 0 Å². The summed E-state index contributed by atoms with van der Waals surface area (Å²) < 4.78 is 1.13. The standard InChI is InChI=1S/C6H5Br.H2N2O2/c7-6-4-2-1-3-5-6;3-1-2-4/h1-5H;(H,1,4)(H,2,3). The quantitative estimate of drug-likeness (QED) is 0.520. The fourth-order valence-corrected chi connectivity index (χ4v) is 0.720. The lowest BCUT2D eigenvalue weighted by atomic mass is 10.4. The van der Waals surface area contributed by atoms with Gasteiger partial charge in [0.25, 0.3) is 0 Å². The van der Waals surface area contributed by atoms with Crippen molar-refractivity contribution < 1.29 is 10.4 Å². The summed E-state index contributed by atoms with van der Waals surface area (Å²) in [5, 5.41) is 18.0. The predicted molar refractivity (Wildman–Crippen MR) is 42.6 cm³/mol. The van der Waals surface area contributed by atoms with Gasteiger partial charge < -0.3 is 10.4 Å². The molecule has 0 saturated heterocycles. The smallest absolute Gasteiger partial charge is 0.0606 e. The summed E-state index contributed by atoms with van der Waals surface area (Å²) in [6.45, 7) is 0. The highest BCUT2D eigenvalue weighted by Crippen LogP contribution is 2.05. The van der Waals surface area contributed by atoms with Crippen LogP contribution in [0.4, 0.5) is 0 Å². The maximum absolute atomic E-state index is 7.08. The molecule has 2 N–H and O–H groups in total. The molecule has 60 valence electrons. The van der Waals surface area contributed by atoms with E-state index in [1.54, 1.807) is 0 Å². The SMILES string of the molecule is Brc1ccccc1.ON=NO. The van der Waals surface area contributed by atoms with Gasteiger partial charge in [-0.15, -0.1) is 0 Å². The van der Waals surface area contributed by atoms with Crippen molar-refractivity contribution in [3.05, 3.63) is 34.8 Å². The zero-order valence-corrected chi connectivity index (χ0v) is 7.14. The lowest BCUT2D eigenvalue weighted by molar-refractivity contribution is 0.177. The number of halogens is 1. The average molecular weight is 219 g/mol. The van der Waals surface area contributed by atoms with Gasteiger partial charge in [0.05, 0.1) is 10.6 Å². The molecule has 0 atom stereocenters. The molecule has 0 aliphatic rings. The molecule has 1 aromatic rings. The highest BCUT2D eigenvalue weighted by molar-refractivity contribution is 9.10. The van der Waals surface area contributed by atoms with E-state index in [4.69, 9.17) is 10.4 Å². The Hall–Kier alpha value is -1.10. The minimum Gasteiger partial charge on any atom is -0.392 e. The Bertz CT molecular complexity index is 199. The van der Waals surface area contributed by atoms with Crippen molar-refractivity contribution in [3.63, 3.8) is 0 Å². The second-order valence-corrected chi connectivity index (χ2v) is 2.39. The number of hydrogen-bond donors (Lipinski definition) is 2. The number of rotatable bonds is 0. The van der Waals surface area contributed by atoms with Gasteiger partial charge in [0.15, 0.2) is 0 Å². The molecule has 1 rings (SSSR count). The molecule has 0 fully saturated rings. The Morgan fingerprint density at radius 2 is 1.45 bits per heavy atom. The second-order valence-electron chi connectivity index (χ2n) is 1.47. The van der Waals surface area contributed by atoms with Gasteiger partial charge in [0, 0.05) is 4.47 Å². The van der Waals surface area contributed by atoms with E-state index in [0.29, 0.717) is 0 Å². The van der Waals surface area contributed by atoms with Crippen molar-refractivity contribution in [2.45, 2.75) is 0 Å². The minimum atomic E-state index is 1.13. The lowest BCUT2D eigenvalue weighted by Crippen LogP contribution is -1.55. The van der Waals surface area contributed by atoms with Crippen LogP contribution in [0.2, 0.25) is 0 Å². The zero-order chi connectivity index (χ0) is 8.53. The molecule has 0 bridgehead atoms. The van der Waals surface area contributed by atoms with Crippen LogP contribution in [-0.2, 0) is 0 Å². The molecule has 0 aliphatic heterocycles. The first kappa shape index (κ1) is 9.90. The van der Waals surface area contributed by atoms with Crippen molar-refractivity contribution >= 4 is 15.9 Å². The van der Waals surface area contributed by atoms with Crippen molar-refractivity contribution in [1.82, 2.24) is 0 Å². The van der Waals surface area contributed by atoms with Crippen LogP contribution < -0.4 is 0 Å². The molecule has 1 aromatic carbocycles. The first-order valence-electron chi connectivity index (χ1n) is 2.70. The molecule has 4 nitrogen and oxygen atoms in total. The van der Waals surface area contributed by atoms with E-state index in [9.17, 15) is 0 Å². The summed E-state index contributed by atoms with van der Waals surface area (Å²) in [6.07, 6.45) is 0. The Kier molecular flexibility index (Phi) is 6.31. The highest BCUT2D eigenvalue weighted by Gasteiger charge is 1.74. The van der Waals surface area contributed by atoms with E-state index in [1.807, 2.05) is 40.9 Å². The van der Waals surface area contributed by atoms with Crippen LogP contribution in [0.5, 0.6) is 0 Å². The summed E-state index contributed by atoms with van der Waals surface area (Å²) in [4.78, 5) is 0. The summed E-state index contributed by atoms with van der Waals surface area (Å²) in [6, 6.07) is 9.97. The fraction of sp³-hybridized carbons (Fsp3) is 0. The summed E-state index contributed by atoms with van der Waals surface area (Å²) in [5.74, 6) is 0. The van der Waals surface area contributed by atoms with Gasteiger partial charge in [-0.2, -0.15) is 0 Å². The average Bonchev–Trinajstić information content (AvgIpc) is 2.07. The molecule has 5 heteroatoms. The minimum absolute atomic E-state index is 1.13. The van der Waals surface area contributed by atoms with E-state index in [2.05, 4.69) is 15.9 Å². The van der Waals surface area contributed by atoms with E-state index in [0.717, 1.165) is 4.47 Å². The van der Waals surface area contributed by atoms with Crippen molar-refractivity contribution in [2.75, 3.05) is 0 Å². The summed E-state index contributed by atoms with van der Waals surface area (Å²) in [5.41, 5.74) is 0. The number of hydrogen-bond acceptors (Lipinski definition) is 2. The Morgan fingerprint density at radius 3 is 1.64 bits per heavy atom. The van der Waals surface area contributed by atoms with Gasteiger partial charge in [-0.05, 0) is 12.1 Å². The first-order valence-corrected chi connectivity index (χ1v) is 3.49. The third kappa shape index (κ3) is 6.79. The Morgan fingerprint density at radius 1 is 1.00 bits per heavy atom. The van der Waals surface area contributed by atoms with E-state index in [1.165, 1.54) is 0 Å². The summed E-state index contributed by atoms with van der Waals surface area (Å²) in [7, 11) is 0. The molecule has 0 radical (unpaired) electrons. The van der Waals surface area contributed by atoms with Crippen LogP contribution >= 0.6 is 15.9 Å². The Balaban J connectivity index is 0.000000218. The van der Waals surface area contributed by atoms with Gasteiger partial charge in [-0.25, -0.2) is 0 Å². The van der Waals surface area contributed by atoms with Crippen LogP contribution in [0.25, 0.3) is 0 Å². The first-order chi connectivity index (χ1) is 5.31. The molecule has 0 unspecified atom stereocenters. The van der Waals surface area contributed by atoms with Crippen molar-refractivity contribution in [1.29, 1.82) is 0 Å². The van der Waals surface area contributed by atoms with Crippen LogP contribution in [0.15, 0.2) is 45.4 Å². The van der Waals surface area contributed by atoms with Gasteiger partial charge in [0.2, 0.25) is 0 Å². The number of benzene rings is 1. The molecule has 0 heterocycles. The number of nitrogens with zero attached hydrogens (tertiary/aromatic N) is 2. The van der Waals surface area contributed by atoms with Gasteiger partial charge in [-0.1, -0.05) is 34.1 Å². The normalized spacial score (nSPS) is 8.82. The molecular weight excluding hydrogens is 212 g/mol. The third-order valence-electron chi connectivity index (χ3n) is 0.773. The van der Waals surface area contributed by atoms with Gasteiger partial charge in [0.1, 0.15) is 0 Å². The monoisotopic (exact) mass is 218 g/mol. The van der Waals surface area contributed by atoms with Crippen molar-refractivity contribution in [2.24, 2.45) is 10.6 Å². The lowest BCUT2D eigenvalue weighted by Gasteiger charge is -1.80.